The third kappa shape index (κ3) is 5.58. The number of alkyl halides is 1. The van der Waals surface area contributed by atoms with Gasteiger partial charge in [-0.3, -0.25) is 9.20 Å². The Labute approximate surface area is 226 Å². The van der Waals surface area contributed by atoms with Crippen LogP contribution in [0.15, 0.2) is 47.4 Å². The molecule has 0 saturated carbocycles. The molecule has 1 saturated heterocycles. The third-order valence-electron chi connectivity index (χ3n) is 6.91. The van der Waals surface area contributed by atoms with Crippen LogP contribution in [-0.4, -0.2) is 67.3 Å². The fourth-order valence-corrected chi connectivity index (χ4v) is 4.73. The smallest absolute Gasteiger partial charge is 0.253 e. The topological polar surface area (TPSA) is 106 Å². The Balaban J connectivity index is 1.36. The highest BCUT2D eigenvalue weighted by Crippen LogP contribution is 2.29. The minimum absolute atomic E-state index is 0.0830. The van der Waals surface area contributed by atoms with Crippen LogP contribution in [0.5, 0.6) is 0 Å². The van der Waals surface area contributed by atoms with E-state index >= 15 is 0 Å². The molecule has 1 aliphatic heterocycles. The molecule has 0 aliphatic carbocycles. The molecule has 1 aliphatic rings. The van der Waals surface area contributed by atoms with Gasteiger partial charge in [-0.05, 0) is 65.4 Å². The van der Waals surface area contributed by atoms with Crippen molar-refractivity contribution in [2.45, 2.75) is 58.4 Å². The minimum atomic E-state index is -0.976. The highest BCUT2D eigenvalue weighted by Gasteiger charge is 2.28. The van der Waals surface area contributed by atoms with Crippen molar-refractivity contribution in [2.24, 2.45) is 0 Å². The fraction of sp³-hybridized carbons (Fsp3) is 0.429. The maximum atomic E-state index is 14.7. The van der Waals surface area contributed by atoms with Gasteiger partial charge in [-0.1, -0.05) is 11.2 Å². The van der Waals surface area contributed by atoms with Gasteiger partial charge in [-0.15, -0.1) is 0 Å². The lowest BCUT2D eigenvalue weighted by Crippen LogP contribution is -2.46. The van der Waals surface area contributed by atoms with Crippen molar-refractivity contribution in [3.05, 3.63) is 60.0 Å². The molecule has 11 heteroatoms. The van der Waals surface area contributed by atoms with Crippen molar-refractivity contribution in [3.8, 4) is 11.5 Å². The van der Waals surface area contributed by atoms with Crippen molar-refractivity contribution in [3.63, 3.8) is 0 Å². The molecular formula is C28H35FN8O2. The van der Waals surface area contributed by atoms with Gasteiger partial charge in [0.1, 0.15) is 11.9 Å². The number of aromatic nitrogens is 5. The van der Waals surface area contributed by atoms with Crippen LogP contribution < -0.4 is 10.6 Å². The molecule has 206 valence electrons. The average Bonchev–Trinajstić information content (AvgIpc) is 3.64. The second-order valence-corrected chi connectivity index (χ2v) is 11.0. The van der Waals surface area contributed by atoms with Crippen molar-refractivity contribution in [1.82, 2.24) is 34.3 Å². The second-order valence-electron chi connectivity index (χ2n) is 11.0. The number of allylic oxidation sites excluding steroid dienone is 1. The normalized spacial score (nSPS) is 18.7. The summed E-state index contributed by atoms with van der Waals surface area (Å²) < 4.78 is 24.1. The highest BCUT2D eigenvalue weighted by atomic mass is 19.1. The van der Waals surface area contributed by atoms with E-state index in [1.165, 1.54) is 0 Å². The van der Waals surface area contributed by atoms with Crippen LogP contribution in [0, 0.1) is 0 Å². The van der Waals surface area contributed by atoms with Gasteiger partial charge in [-0.2, -0.15) is 4.98 Å². The number of rotatable bonds is 7. The maximum absolute atomic E-state index is 14.7. The quantitative estimate of drug-likeness (QED) is 0.363. The fourth-order valence-electron chi connectivity index (χ4n) is 4.73. The molecule has 4 aromatic rings. The number of piperidine rings is 1. The number of halogens is 1. The third-order valence-corrected chi connectivity index (χ3v) is 6.91. The Morgan fingerprint density at radius 2 is 2.08 bits per heavy atom. The molecule has 0 bridgehead atoms. The summed E-state index contributed by atoms with van der Waals surface area (Å²) >= 11 is 0. The Bertz CT molecular complexity index is 1490. The summed E-state index contributed by atoms with van der Waals surface area (Å²) in [6.45, 7) is 9.44. The molecule has 5 rings (SSSR count). The summed E-state index contributed by atoms with van der Waals surface area (Å²) in [4.78, 5) is 24.0. The zero-order valence-electron chi connectivity index (χ0n) is 23.0. The zero-order valence-corrected chi connectivity index (χ0v) is 23.0. The Morgan fingerprint density at radius 1 is 1.26 bits per heavy atom. The number of imidazole rings is 1. The summed E-state index contributed by atoms with van der Waals surface area (Å²) in [5.41, 5.74) is 3.14. The van der Waals surface area contributed by atoms with E-state index < -0.39 is 6.17 Å². The molecule has 5 heterocycles. The first-order valence-corrected chi connectivity index (χ1v) is 13.2. The molecule has 1 amide bonds. The van der Waals surface area contributed by atoms with Crippen molar-refractivity contribution < 1.29 is 13.7 Å². The molecule has 0 unspecified atom stereocenters. The molecule has 2 N–H and O–H groups in total. The number of carbonyl (C=O) groups excluding carboxylic acids is 1. The number of hydrogen-bond donors (Lipinski definition) is 2. The van der Waals surface area contributed by atoms with Gasteiger partial charge in [0, 0.05) is 37.2 Å². The number of pyridine rings is 1. The van der Waals surface area contributed by atoms with Gasteiger partial charge in [0.15, 0.2) is 5.65 Å². The van der Waals surface area contributed by atoms with E-state index in [1.807, 2.05) is 70.7 Å². The van der Waals surface area contributed by atoms with Crippen molar-refractivity contribution in [2.75, 3.05) is 25.5 Å². The first kappa shape index (κ1) is 26.6. The first-order chi connectivity index (χ1) is 18.6. The van der Waals surface area contributed by atoms with E-state index in [4.69, 9.17) is 9.51 Å². The molecule has 10 nitrogen and oxygen atoms in total. The van der Waals surface area contributed by atoms with Crippen LogP contribution >= 0.6 is 0 Å². The van der Waals surface area contributed by atoms with Crippen LogP contribution in [0.4, 0.5) is 10.1 Å². The molecule has 0 radical (unpaired) electrons. The zero-order chi connectivity index (χ0) is 27.7. The number of fused-ring (bicyclic) bond motifs is 1. The number of anilines is 1. The molecule has 0 aromatic carbocycles. The first-order valence-electron chi connectivity index (χ1n) is 13.2. The van der Waals surface area contributed by atoms with Crippen LogP contribution in [0.25, 0.3) is 23.2 Å². The monoisotopic (exact) mass is 534 g/mol. The van der Waals surface area contributed by atoms with E-state index in [0.29, 0.717) is 35.7 Å². The van der Waals surface area contributed by atoms with Crippen LogP contribution in [0.2, 0.25) is 0 Å². The summed E-state index contributed by atoms with van der Waals surface area (Å²) in [5, 5.41) is 10.3. The molecule has 0 spiro atoms. The van der Waals surface area contributed by atoms with Crippen LogP contribution in [0.1, 0.15) is 56.1 Å². The molecule has 2 atom stereocenters. The maximum Gasteiger partial charge on any atom is 0.253 e. The van der Waals surface area contributed by atoms with Gasteiger partial charge in [0.05, 0.1) is 29.5 Å². The van der Waals surface area contributed by atoms with Gasteiger partial charge >= 0.3 is 0 Å². The predicted molar refractivity (Wildman–Crippen MR) is 148 cm³/mol. The van der Waals surface area contributed by atoms with Gasteiger partial charge in [0.25, 0.3) is 5.91 Å². The number of nitrogens with zero attached hydrogens (tertiary/aromatic N) is 6. The van der Waals surface area contributed by atoms with E-state index in [-0.39, 0.29) is 29.9 Å². The Morgan fingerprint density at radius 3 is 2.79 bits per heavy atom. The number of nitrogens with one attached hydrogen (secondary N) is 2. The Hall–Kier alpha value is -3.99. The summed E-state index contributed by atoms with van der Waals surface area (Å²) in [5.74, 6) is 0.349. The molecular weight excluding hydrogens is 499 g/mol. The standard InChI is InChI=1S/C28H35FN8O2/c1-6-8-22-24(33-26-21(9-7-12-37(22)26)31-20-11-13-35(5)17-19(20)29)25-32-23(39-34-25)15-30-27(38)18-10-14-36(16-18)28(2,3)4/h6-10,12,14,16,19-20,31H,11,13,15,17H2,1-5H3,(H,30,38)/b8-6+/t19-,20+/m0/s1. The van der Waals surface area contributed by atoms with E-state index in [2.05, 4.69) is 41.5 Å². The Kier molecular flexibility index (Phi) is 7.26. The summed E-state index contributed by atoms with van der Waals surface area (Å²) in [6, 6.07) is 5.29. The summed E-state index contributed by atoms with van der Waals surface area (Å²) in [6.07, 6.45) is 9.16. The predicted octanol–water partition coefficient (Wildman–Crippen LogP) is 4.36. The van der Waals surface area contributed by atoms with Crippen LogP contribution in [0.3, 0.4) is 0 Å². The largest absolute Gasteiger partial charge is 0.376 e. The number of amides is 1. The summed E-state index contributed by atoms with van der Waals surface area (Å²) in [7, 11) is 1.93. The van der Waals surface area contributed by atoms with Crippen LogP contribution in [-0.2, 0) is 12.1 Å². The average molecular weight is 535 g/mol. The van der Waals surface area contributed by atoms with E-state index in [9.17, 15) is 9.18 Å². The van der Waals surface area contributed by atoms with Crippen molar-refractivity contribution in [1.29, 1.82) is 0 Å². The lowest BCUT2D eigenvalue weighted by atomic mass is 10.0. The van der Waals surface area contributed by atoms with Gasteiger partial charge in [-0.25, -0.2) is 9.37 Å². The molecule has 39 heavy (non-hydrogen) atoms. The number of carbonyl (C=O) groups is 1. The van der Waals surface area contributed by atoms with Crippen molar-refractivity contribution >= 4 is 23.3 Å². The lowest BCUT2D eigenvalue weighted by Gasteiger charge is -2.33. The number of hydrogen-bond acceptors (Lipinski definition) is 7. The SMILES string of the molecule is C/C=C/c1c(-c2noc(CNC(=O)c3ccn(C(C)(C)C)c3)n2)nc2c(N[C@@H]3CCN(C)C[C@@H]3F)cccn12. The van der Waals surface area contributed by atoms with Gasteiger partial charge in [0.2, 0.25) is 11.7 Å². The lowest BCUT2D eigenvalue weighted by molar-refractivity contribution is 0.0946. The highest BCUT2D eigenvalue weighted by molar-refractivity contribution is 5.94. The van der Waals surface area contributed by atoms with E-state index in [0.717, 1.165) is 17.9 Å². The molecule has 4 aromatic heterocycles. The van der Waals surface area contributed by atoms with Gasteiger partial charge < -0.3 is 24.6 Å². The number of likely N-dealkylation sites (tertiary alicyclic amines) is 1. The second kappa shape index (κ2) is 10.6. The molecule has 1 fully saturated rings. The minimum Gasteiger partial charge on any atom is -0.376 e. The van der Waals surface area contributed by atoms with E-state index in [1.54, 1.807) is 6.07 Å².